The Hall–Kier alpha value is -1.40. The number of nitrogens with two attached hydrogens (primary N) is 1. The zero-order valence-electron chi connectivity index (χ0n) is 8.67. The van der Waals surface area contributed by atoms with Gasteiger partial charge in [-0.3, -0.25) is 9.97 Å². The van der Waals surface area contributed by atoms with Gasteiger partial charge in [0.1, 0.15) is 15.7 Å². The Labute approximate surface area is 103 Å². The number of aromatic nitrogens is 3. The van der Waals surface area contributed by atoms with Crippen LogP contribution in [0.5, 0.6) is 0 Å². The third kappa shape index (κ3) is 2.07. The van der Waals surface area contributed by atoms with Gasteiger partial charge in [0.2, 0.25) is 0 Å². The molecule has 2 aromatic rings. The van der Waals surface area contributed by atoms with E-state index in [1.54, 1.807) is 18.6 Å². The summed E-state index contributed by atoms with van der Waals surface area (Å²) in [6.07, 6.45) is 5.76. The van der Waals surface area contributed by atoms with Gasteiger partial charge in [-0.2, -0.15) is 0 Å². The monoisotopic (exact) mass is 250 g/mol. The molecule has 82 valence electrons. The van der Waals surface area contributed by atoms with Crippen molar-refractivity contribution in [1.82, 2.24) is 15.0 Å². The minimum Gasteiger partial charge on any atom is -0.389 e. The lowest BCUT2D eigenvalue weighted by molar-refractivity contribution is 1.05. The van der Waals surface area contributed by atoms with E-state index in [4.69, 9.17) is 18.0 Å². The van der Waals surface area contributed by atoms with E-state index in [9.17, 15) is 0 Å². The summed E-state index contributed by atoms with van der Waals surface area (Å²) < 4.78 is 0. The number of thiocarbonyl (C=S) groups is 1. The fourth-order valence-electron chi connectivity index (χ4n) is 1.30. The Bertz CT molecular complexity index is 507. The van der Waals surface area contributed by atoms with E-state index < -0.39 is 0 Å². The minimum absolute atomic E-state index is 0.393. The van der Waals surface area contributed by atoms with Gasteiger partial charge in [-0.1, -0.05) is 19.1 Å². The van der Waals surface area contributed by atoms with Gasteiger partial charge < -0.3 is 5.73 Å². The average Bonchev–Trinajstić information content (AvgIpc) is 2.74. The van der Waals surface area contributed by atoms with Crippen LogP contribution in [0.1, 0.15) is 17.5 Å². The fourth-order valence-corrected chi connectivity index (χ4v) is 2.51. The van der Waals surface area contributed by atoms with Crippen molar-refractivity contribution in [2.45, 2.75) is 13.3 Å². The number of aryl methyl sites for hydroxylation is 1. The van der Waals surface area contributed by atoms with Crippen LogP contribution in [0.2, 0.25) is 0 Å². The van der Waals surface area contributed by atoms with E-state index in [-0.39, 0.29) is 0 Å². The van der Waals surface area contributed by atoms with Crippen LogP contribution < -0.4 is 5.73 Å². The maximum absolute atomic E-state index is 5.65. The van der Waals surface area contributed by atoms with Crippen molar-refractivity contribution < 1.29 is 0 Å². The Morgan fingerprint density at radius 3 is 2.81 bits per heavy atom. The Balaban J connectivity index is 2.48. The second kappa shape index (κ2) is 4.63. The highest BCUT2D eigenvalue weighted by Crippen LogP contribution is 2.26. The number of hydrogen-bond donors (Lipinski definition) is 1. The first kappa shape index (κ1) is 11.1. The molecule has 0 bridgehead atoms. The second-order valence-corrected chi connectivity index (χ2v) is 4.54. The molecule has 6 heteroatoms. The molecule has 4 nitrogen and oxygen atoms in total. The van der Waals surface area contributed by atoms with Gasteiger partial charge in [0.25, 0.3) is 0 Å². The minimum atomic E-state index is 0.393. The van der Waals surface area contributed by atoms with Crippen LogP contribution in [-0.2, 0) is 6.42 Å². The third-order valence-corrected chi connectivity index (χ3v) is 3.53. The smallest absolute Gasteiger partial charge is 0.144 e. The SMILES string of the molecule is CCc1nc(-c2cnccn2)sc1C(N)=S. The summed E-state index contributed by atoms with van der Waals surface area (Å²) in [5.74, 6) is 0. The predicted octanol–water partition coefficient (Wildman–Crippen LogP) is 1.80. The highest BCUT2D eigenvalue weighted by molar-refractivity contribution is 7.81. The molecule has 2 heterocycles. The van der Waals surface area contributed by atoms with Gasteiger partial charge in [0.05, 0.1) is 16.8 Å². The van der Waals surface area contributed by atoms with Gasteiger partial charge in [0.15, 0.2) is 0 Å². The second-order valence-electron chi connectivity index (χ2n) is 3.10. The molecular formula is C10H10N4S2. The zero-order chi connectivity index (χ0) is 11.5. The number of thiazole rings is 1. The molecule has 0 aliphatic heterocycles. The Kier molecular flexibility index (Phi) is 3.21. The van der Waals surface area contributed by atoms with Gasteiger partial charge in [-0.05, 0) is 6.42 Å². The molecule has 0 radical (unpaired) electrons. The lowest BCUT2D eigenvalue weighted by Gasteiger charge is -1.93. The van der Waals surface area contributed by atoms with Gasteiger partial charge in [-0.15, -0.1) is 11.3 Å². The highest BCUT2D eigenvalue weighted by atomic mass is 32.1. The zero-order valence-corrected chi connectivity index (χ0v) is 10.3. The first-order chi connectivity index (χ1) is 7.72. The van der Waals surface area contributed by atoms with Crippen molar-refractivity contribution in [2.75, 3.05) is 0 Å². The van der Waals surface area contributed by atoms with E-state index >= 15 is 0 Å². The summed E-state index contributed by atoms with van der Waals surface area (Å²) in [5.41, 5.74) is 7.33. The summed E-state index contributed by atoms with van der Waals surface area (Å²) in [5, 5.41) is 0.813. The largest absolute Gasteiger partial charge is 0.389 e. The number of rotatable bonds is 3. The lowest BCUT2D eigenvalue weighted by atomic mass is 10.3. The fraction of sp³-hybridized carbons (Fsp3) is 0.200. The van der Waals surface area contributed by atoms with Crippen molar-refractivity contribution in [2.24, 2.45) is 5.73 Å². The molecule has 0 unspecified atom stereocenters. The lowest BCUT2D eigenvalue weighted by Crippen LogP contribution is -2.09. The van der Waals surface area contributed by atoms with Crippen molar-refractivity contribution in [3.05, 3.63) is 29.2 Å². The van der Waals surface area contributed by atoms with E-state index in [1.165, 1.54) is 11.3 Å². The number of nitrogens with zero attached hydrogens (tertiary/aromatic N) is 3. The van der Waals surface area contributed by atoms with Crippen molar-refractivity contribution in [3.63, 3.8) is 0 Å². The van der Waals surface area contributed by atoms with E-state index in [2.05, 4.69) is 15.0 Å². The molecule has 2 aromatic heterocycles. The Morgan fingerprint density at radius 1 is 1.50 bits per heavy atom. The molecule has 2 N–H and O–H groups in total. The quantitative estimate of drug-likeness (QED) is 0.841. The molecule has 0 amide bonds. The first-order valence-corrected chi connectivity index (χ1v) is 6.00. The molecule has 0 aliphatic rings. The summed E-state index contributed by atoms with van der Waals surface area (Å²) in [7, 11) is 0. The molecular weight excluding hydrogens is 240 g/mol. The van der Waals surface area contributed by atoms with Gasteiger partial charge >= 0.3 is 0 Å². The van der Waals surface area contributed by atoms with Crippen LogP contribution in [0.15, 0.2) is 18.6 Å². The topological polar surface area (TPSA) is 64.7 Å². The molecule has 0 fully saturated rings. The summed E-state index contributed by atoms with van der Waals surface area (Å²) in [6.45, 7) is 2.03. The molecule has 16 heavy (non-hydrogen) atoms. The molecule has 0 spiro atoms. The van der Waals surface area contributed by atoms with E-state index in [1.807, 2.05) is 6.92 Å². The molecule has 0 aromatic carbocycles. The van der Waals surface area contributed by atoms with Crippen molar-refractivity contribution >= 4 is 28.5 Å². The molecule has 0 saturated heterocycles. The maximum atomic E-state index is 5.65. The molecule has 0 saturated carbocycles. The summed E-state index contributed by atoms with van der Waals surface area (Å²) in [4.78, 5) is 13.9. The number of hydrogen-bond acceptors (Lipinski definition) is 5. The maximum Gasteiger partial charge on any atom is 0.144 e. The van der Waals surface area contributed by atoms with Gasteiger partial charge in [-0.25, -0.2) is 4.98 Å². The van der Waals surface area contributed by atoms with Crippen LogP contribution in [0.4, 0.5) is 0 Å². The van der Waals surface area contributed by atoms with E-state index in [0.29, 0.717) is 4.99 Å². The van der Waals surface area contributed by atoms with Crippen LogP contribution in [0.25, 0.3) is 10.7 Å². The van der Waals surface area contributed by atoms with Gasteiger partial charge in [0, 0.05) is 12.4 Å². The predicted molar refractivity (Wildman–Crippen MR) is 68.4 cm³/mol. The summed E-state index contributed by atoms with van der Waals surface area (Å²) in [6, 6.07) is 0. The van der Waals surface area contributed by atoms with Crippen LogP contribution in [0, 0.1) is 0 Å². The average molecular weight is 250 g/mol. The molecule has 2 rings (SSSR count). The normalized spacial score (nSPS) is 10.3. The summed E-state index contributed by atoms with van der Waals surface area (Å²) >= 11 is 6.46. The van der Waals surface area contributed by atoms with Crippen LogP contribution in [0.3, 0.4) is 0 Å². The molecule has 0 atom stereocenters. The standard InChI is InChI=1S/C10H10N4S2/c1-2-6-8(9(11)15)16-10(14-6)7-5-12-3-4-13-7/h3-5H,2H2,1H3,(H2,11,15). The third-order valence-electron chi connectivity index (χ3n) is 2.04. The van der Waals surface area contributed by atoms with E-state index in [0.717, 1.165) is 27.7 Å². The van der Waals surface area contributed by atoms with Crippen molar-refractivity contribution in [1.29, 1.82) is 0 Å². The first-order valence-electron chi connectivity index (χ1n) is 4.78. The molecule has 0 aliphatic carbocycles. The highest BCUT2D eigenvalue weighted by Gasteiger charge is 2.13. The van der Waals surface area contributed by atoms with Crippen LogP contribution in [-0.4, -0.2) is 19.9 Å². The van der Waals surface area contributed by atoms with Crippen molar-refractivity contribution in [3.8, 4) is 10.7 Å². The van der Waals surface area contributed by atoms with Crippen LogP contribution >= 0.6 is 23.6 Å². The Morgan fingerprint density at radius 2 is 2.31 bits per heavy atom.